The lowest BCUT2D eigenvalue weighted by atomic mass is 9.75. The van der Waals surface area contributed by atoms with Gasteiger partial charge in [0.2, 0.25) is 0 Å². The molecule has 0 saturated carbocycles. The number of nitrogens with zero attached hydrogens (tertiary/aromatic N) is 3. The Kier molecular flexibility index (Phi) is 8.11. The van der Waals surface area contributed by atoms with E-state index >= 15 is 0 Å². The number of fused-ring (bicyclic) bond motifs is 4. The van der Waals surface area contributed by atoms with E-state index in [1.807, 2.05) is 0 Å². The molecule has 0 bridgehead atoms. The van der Waals surface area contributed by atoms with Gasteiger partial charge < -0.3 is 14.7 Å². The van der Waals surface area contributed by atoms with Crippen LogP contribution in [0.5, 0.6) is 0 Å². The maximum atomic E-state index is 2.59. The zero-order valence-electron chi connectivity index (χ0n) is 30.4. The second kappa shape index (κ2) is 13.7. The van der Waals surface area contributed by atoms with Gasteiger partial charge in [0.05, 0.1) is 6.04 Å². The molecule has 3 aliphatic rings. The van der Waals surface area contributed by atoms with Gasteiger partial charge in [0.25, 0.3) is 0 Å². The third kappa shape index (κ3) is 5.52. The van der Waals surface area contributed by atoms with Gasteiger partial charge >= 0.3 is 0 Å². The molecule has 3 nitrogen and oxygen atoms in total. The van der Waals surface area contributed by atoms with Gasteiger partial charge in [-0.15, -0.1) is 0 Å². The Morgan fingerprint density at radius 3 is 1.38 bits per heavy atom. The monoisotopic (exact) mass is 705 g/mol. The van der Waals surface area contributed by atoms with Crippen LogP contribution in [0.15, 0.2) is 230 Å². The largest absolute Gasteiger partial charge is 0.350 e. The van der Waals surface area contributed by atoms with Gasteiger partial charge in [0.15, 0.2) is 0 Å². The standard InChI is InChI=1S/C52H39N3/c1-7-19-39(20-8-1)50-36-41-35-46(54(42-23-11-3-12-24-42)43-25-13-4-14-26-43)31-32-49(41)52(50)51(40-21-9-2-10-22-40)38-48-37-47(33-34-53(48)52)55(44-27-15-5-16-28-44)45-29-17-6-18-30-45/h1-38,48H. The Labute approximate surface area is 323 Å². The molecule has 0 saturated heterocycles. The van der Waals surface area contributed by atoms with Crippen molar-refractivity contribution in [3.63, 3.8) is 0 Å². The van der Waals surface area contributed by atoms with Gasteiger partial charge in [-0.3, -0.25) is 0 Å². The number of allylic oxidation sites excluding steroid dienone is 1. The lowest BCUT2D eigenvalue weighted by Crippen LogP contribution is -2.44. The molecule has 7 aromatic rings. The first-order chi connectivity index (χ1) is 27.3. The normalized spacial score (nSPS) is 17.9. The molecule has 0 N–H and O–H groups in total. The minimum absolute atomic E-state index is 0.00648. The predicted molar refractivity (Wildman–Crippen MR) is 229 cm³/mol. The molecule has 0 aromatic heterocycles. The highest BCUT2D eigenvalue weighted by Gasteiger charge is 2.55. The van der Waals surface area contributed by atoms with Crippen LogP contribution in [-0.2, 0) is 5.54 Å². The van der Waals surface area contributed by atoms with Crippen LogP contribution in [0.2, 0.25) is 0 Å². The summed E-state index contributed by atoms with van der Waals surface area (Å²) in [6, 6.07) is 71.6. The van der Waals surface area contributed by atoms with Gasteiger partial charge in [-0.2, -0.15) is 0 Å². The molecule has 0 fully saturated rings. The molecule has 10 rings (SSSR count). The van der Waals surface area contributed by atoms with Gasteiger partial charge in [0, 0.05) is 40.3 Å². The fourth-order valence-corrected chi connectivity index (χ4v) is 8.76. The third-order valence-corrected chi connectivity index (χ3v) is 11.0. The summed E-state index contributed by atoms with van der Waals surface area (Å²) < 4.78 is 0. The van der Waals surface area contributed by atoms with Crippen molar-refractivity contribution in [3.8, 4) is 0 Å². The first-order valence-electron chi connectivity index (χ1n) is 19.0. The minimum atomic E-state index is -0.575. The fraction of sp³-hybridized carbons (Fsp3) is 0.0385. The van der Waals surface area contributed by atoms with Crippen LogP contribution < -0.4 is 9.80 Å². The topological polar surface area (TPSA) is 9.72 Å². The summed E-state index contributed by atoms with van der Waals surface area (Å²) in [6.45, 7) is 0. The molecular formula is C52H39N3. The van der Waals surface area contributed by atoms with E-state index in [2.05, 4.69) is 245 Å². The maximum Gasteiger partial charge on any atom is 0.118 e. The van der Waals surface area contributed by atoms with E-state index < -0.39 is 5.54 Å². The van der Waals surface area contributed by atoms with Gasteiger partial charge in [-0.05, 0) is 112 Å². The molecule has 0 radical (unpaired) electrons. The number of hydrogen-bond donors (Lipinski definition) is 0. The highest BCUT2D eigenvalue weighted by Crippen LogP contribution is 2.61. The summed E-state index contributed by atoms with van der Waals surface area (Å²) in [5, 5.41) is 0. The SMILES string of the molecule is C1=CN2C(C=C1N(c1ccccc1)c1ccccc1)C=C(c1ccccc1)C21C(c2ccccc2)=Cc2cc(N(c3ccccc3)c3ccccc3)ccc21. The van der Waals surface area contributed by atoms with E-state index in [0.717, 1.165) is 34.1 Å². The van der Waals surface area contributed by atoms with E-state index in [1.54, 1.807) is 0 Å². The number of anilines is 5. The maximum absolute atomic E-state index is 2.59. The smallest absolute Gasteiger partial charge is 0.118 e. The Hall–Kier alpha value is -7.10. The van der Waals surface area contributed by atoms with Crippen LogP contribution in [0.25, 0.3) is 17.2 Å². The molecule has 0 amide bonds. The summed E-state index contributed by atoms with van der Waals surface area (Å²) in [5.41, 5.74) is 13.7. The zero-order chi connectivity index (χ0) is 36.6. The molecule has 3 heteroatoms. The van der Waals surface area contributed by atoms with E-state index in [0.29, 0.717) is 0 Å². The van der Waals surface area contributed by atoms with Gasteiger partial charge in [-0.25, -0.2) is 0 Å². The molecule has 2 heterocycles. The summed E-state index contributed by atoms with van der Waals surface area (Å²) >= 11 is 0. The molecular weight excluding hydrogens is 667 g/mol. The molecule has 1 aliphatic carbocycles. The first kappa shape index (κ1) is 32.5. The van der Waals surface area contributed by atoms with Crippen molar-refractivity contribution < 1.29 is 0 Å². The Balaban J connectivity index is 1.17. The van der Waals surface area contributed by atoms with Gasteiger partial charge in [-0.1, -0.05) is 146 Å². The second-order valence-electron chi connectivity index (χ2n) is 14.2. The van der Waals surface area contributed by atoms with E-state index in [-0.39, 0.29) is 6.04 Å². The molecule has 1 spiro atoms. The van der Waals surface area contributed by atoms with Crippen molar-refractivity contribution in [2.24, 2.45) is 0 Å². The second-order valence-corrected chi connectivity index (χ2v) is 14.2. The highest BCUT2D eigenvalue weighted by atomic mass is 15.3. The van der Waals surface area contributed by atoms with Crippen molar-refractivity contribution in [2.45, 2.75) is 11.6 Å². The Morgan fingerprint density at radius 2 is 0.873 bits per heavy atom. The molecule has 2 aliphatic heterocycles. The zero-order valence-corrected chi connectivity index (χ0v) is 30.4. The highest BCUT2D eigenvalue weighted by molar-refractivity contribution is 6.05. The van der Waals surface area contributed by atoms with Crippen molar-refractivity contribution in [1.29, 1.82) is 0 Å². The average molecular weight is 706 g/mol. The Morgan fingerprint density at radius 1 is 0.418 bits per heavy atom. The molecule has 2 unspecified atom stereocenters. The molecule has 2 atom stereocenters. The molecule has 7 aromatic carbocycles. The van der Waals surface area contributed by atoms with Crippen molar-refractivity contribution in [2.75, 3.05) is 9.80 Å². The van der Waals surface area contributed by atoms with Crippen LogP contribution in [-0.4, -0.2) is 10.9 Å². The Bertz CT molecular complexity index is 2500. The van der Waals surface area contributed by atoms with E-state index in [4.69, 9.17) is 0 Å². The third-order valence-electron chi connectivity index (χ3n) is 11.0. The van der Waals surface area contributed by atoms with Crippen LogP contribution in [0.3, 0.4) is 0 Å². The summed E-state index contributed by atoms with van der Waals surface area (Å²) in [7, 11) is 0. The molecule has 55 heavy (non-hydrogen) atoms. The molecule has 262 valence electrons. The lowest BCUT2D eigenvalue weighted by Gasteiger charge is -2.45. The number of hydrogen-bond acceptors (Lipinski definition) is 3. The van der Waals surface area contributed by atoms with Crippen LogP contribution in [0, 0.1) is 0 Å². The minimum Gasteiger partial charge on any atom is -0.350 e. The summed E-state index contributed by atoms with van der Waals surface area (Å²) in [5.74, 6) is 0. The fourth-order valence-electron chi connectivity index (χ4n) is 8.76. The van der Waals surface area contributed by atoms with Crippen LogP contribution >= 0.6 is 0 Å². The average Bonchev–Trinajstić information content (AvgIpc) is 3.78. The van der Waals surface area contributed by atoms with Gasteiger partial charge in [0.1, 0.15) is 5.54 Å². The van der Waals surface area contributed by atoms with Crippen molar-refractivity contribution in [1.82, 2.24) is 4.90 Å². The van der Waals surface area contributed by atoms with E-state index in [1.165, 1.54) is 33.4 Å². The number of benzene rings is 7. The lowest BCUT2D eigenvalue weighted by molar-refractivity contribution is 0.276. The summed E-state index contributed by atoms with van der Waals surface area (Å²) in [6.07, 6.45) is 12.0. The number of rotatable bonds is 8. The summed E-state index contributed by atoms with van der Waals surface area (Å²) in [4.78, 5) is 7.30. The van der Waals surface area contributed by atoms with Crippen molar-refractivity contribution in [3.05, 3.63) is 253 Å². The first-order valence-corrected chi connectivity index (χ1v) is 19.0. The van der Waals surface area contributed by atoms with E-state index in [9.17, 15) is 0 Å². The van der Waals surface area contributed by atoms with Crippen LogP contribution in [0.1, 0.15) is 22.3 Å². The van der Waals surface area contributed by atoms with Crippen molar-refractivity contribution >= 4 is 45.7 Å². The quantitative estimate of drug-likeness (QED) is 0.156. The van der Waals surface area contributed by atoms with Crippen LogP contribution in [0.4, 0.5) is 28.4 Å². The predicted octanol–water partition coefficient (Wildman–Crippen LogP) is 12.9. The number of para-hydroxylation sites is 4.